The third kappa shape index (κ3) is 2.24. The summed E-state index contributed by atoms with van der Waals surface area (Å²) >= 11 is 0. The first-order valence-corrected chi connectivity index (χ1v) is 6.13. The lowest BCUT2D eigenvalue weighted by Gasteiger charge is -2.11. The average molecular weight is 267 g/mol. The Bertz CT molecular complexity index is 812. The zero-order valence-corrected chi connectivity index (χ0v) is 10.7. The van der Waals surface area contributed by atoms with Crippen LogP contribution in [0.15, 0.2) is 53.7 Å². The van der Waals surface area contributed by atoms with Gasteiger partial charge in [-0.3, -0.25) is 9.36 Å². The van der Waals surface area contributed by atoms with Gasteiger partial charge in [0.1, 0.15) is 5.82 Å². The predicted molar refractivity (Wildman–Crippen MR) is 77.2 cm³/mol. The van der Waals surface area contributed by atoms with E-state index in [1.165, 1.54) is 23.2 Å². The number of aromatic nitrogens is 3. The van der Waals surface area contributed by atoms with Crippen molar-refractivity contribution < 1.29 is 0 Å². The lowest BCUT2D eigenvalue weighted by Crippen LogP contribution is -2.21. The molecule has 6 heteroatoms. The van der Waals surface area contributed by atoms with Gasteiger partial charge in [-0.25, -0.2) is 15.8 Å². The van der Waals surface area contributed by atoms with E-state index in [-0.39, 0.29) is 5.56 Å². The molecule has 0 aliphatic carbocycles. The fourth-order valence-electron chi connectivity index (χ4n) is 2.09. The maximum Gasteiger partial charge on any atom is 0.253 e. The highest BCUT2D eigenvalue weighted by Gasteiger charge is 2.07. The van der Waals surface area contributed by atoms with Crippen LogP contribution in [-0.4, -0.2) is 14.5 Å². The summed E-state index contributed by atoms with van der Waals surface area (Å²) in [5, 5.41) is 0.999. The fraction of sp³-hybridized carbons (Fsp3) is 0.0714. The normalized spacial score (nSPS) is 10.7. The van der Waals surface area contributed by atoms with Gasteiger partial charge in [-0.2, -0.15) is 0 Å². The van der Waals surface area contributed by atoms with Crippen molar-refractivity contribution in [2.24, 2.45) is 5.84 Å². The highest BCUT2D eigenvalue weighted by molar-refractivity contribution is 5.81. The Balaban J connectivity index is 2.10. The van der Waals surface area contributed by atoms with Gasteiger partial charge in [-0.1, -0.05) is 18.2 Å². The molecule has 0 spiro atoms. The summed E-state index contributed by atoms with van der Waals surface area (Å²) in [5.41, 5.74) is 4.15. The van der Waals surface area contributed by atoms with Crippen LogP contribution in [0, 0.1) is 0 Å². The van der Waals surface area contributed by atoms with Crippen LogP contribution in [0.2, 0.25) is 0 Å². The Labute approximate surface area is 114 Å². The van der Waals surface area contributed by atoms with Crippen molar-refractivity contribution in [1.82, 2.24) is 14.5 Å². The van der Waals surface area contributed by atoms with Crippen LogP contribution in [0.25, 0.3) is 10.9 Å². The summed E-state index contributed by atoms with van der Waals surface area (Å²) < 4.78 is 1.51. The van der Waals surface area contributed by atoms with Crippen molar-refractivity contribution in [3.8, 4) is 0 Å². The van der Waals surface area contributed by atoms with E-state index in [1.54, 1.807) is 0 Å². The number of hydrazine groups is 1. The summed E-state index contributed by atoms with van der Waals surface area (Å²) in [4.78, 5) is 20.1. The summed E-state index contributed by atoms with van der Waals surface area (Å²) in [6, 6.07) is 11.1. The molecule has 0 saturated carbocycles. The maximum atomic E-state index is 11.7. The average Bonchev–Trinajstić information content (AvgIpc) is 2.49. The number of hydrogen-bond acceptors (Lipinski definition) is 5. The number of nitrogens with one attached hydrogen (secondary N) is 1. The highest BCUT2D eigenvalue weighted by Crippen LogP contribution is 2.20. The Hall–Kier alpha value is -2.73. The van der Waals surface area contributed by atoms with Crippen LogP contribution in [0.1, 0.15) is 5.56 Å². The van der Waals surface area contributed by atoms with E-state index >= 15 is 0 Å². The Kier molecular flexibility index (Phi) is 3.14. The first-order valence-electron chi connectivity index (χ1n) is 6.13. The number of pyridine rings is 1. The van der Waals surface area contributed by atoms with Crippen molar-refractivity contribution in [2.75, 3.05) is 5.43 Å². The zero-order chi connectivity index (χ0) is 13.9. The maximum absolute atomic E-state index is 11.7. The van der Waals surface area contributed by atoms with Crippen molar-refractivity contribution in [2.45, 2.75) is 6.54 Å². The van der Waals surface area contributed by atoms with E-state index in [9.17, 15) is 4.79 Å². The van der Waals surface area contributed by atoms with Crippen LogP contribution in [0.3, 0.4) is 0 Å². The largest absolute Gasteiger partial charge is 0.308 e. The SMILES string of the molecule is NNc1nc2ccccc2cc1Cn1cnccc1=O. The minimum absolute atomic E-state index is 0.115. The Morgan fingerprint density at radius 1 is 1.25 bits per heavy atom. The molecule has 0 atom stereocenters. The van der Waals surface area contributed by atoms with E-state index < -0.39 is 0 Å². The minimum Gasteiger partial charge on any atom is -0.308 e. The van der Waals surface area contributed by atoms with Crippen LogP contribution < -0.4 is 16.8 Å². The molecule has 0 amide bonds. The number of rotatable bonds is 3. The molecule has 3 rings (SSSR count). The van der Waals surface area contributed by atoms with E-state index in [0.29, 0.717) is 12.4 Å². The fourth-order valence-corrected chi connectivity index (χ4v) is 2.09. The molecule has 0 radical (unpaired) electrons. The summed E-state index contributed by atoms with van der Waals surface area (Å²) in [7, 11) is 0. The second-order valence-corrected chi connectivity index (χ2v) is 4.38. The van der Waals surface area contributed by atoms with Crippen LogP contribution in [-0.2, 0) is 6.54 Å². The third-order valence-electron chi connectivity index (χ3n) is 3.07. The lowest BCUT2D eigenvalue weighted by atomic mass is 10.1. The van der Waals surface area contributed by atoms with Crippen LogP contribution >= 0.6 is 0 Å². The molecule has 0 saturated heterocycles. The van der Waals surface area contributed by atoms with Crippen molar-refractivity contribution in [3.05, 3.63) is 64.8 Å². The molecule has 3 N–H and O–H groups in total. The third-order valence-corrected chi connectivity index (χ3v) is 3.07. The molecular weight excluding hydrogens is 254 g/mol. The van der Waals surface area contributed by atoms with Crippen molar-refractivity contribution >= 4 is 16.7 Å². The molecule has 1 aromatic carbocycles. The van der Waals surface area contributed by atoms with Gasteiger partial charge in [-0.15, -0.1) is 0 Å². The summed E-state index contributed by atoms with van der Waals surface area (Å²) in [6.45, 7) is 0.365. The van der Waals surface area contributed by atoms with E-state index in [1.807, 2.05) is 30.3 Å². The van der Waals surface area contributed by atoms with Gasteiger partial charge in [0.15, 0.2) is 0 Å². The number of nitrogens with zero attached hydrogens (tertiary/aromatic N) is 3. The number of para-hydroxylation sites is 1. The van der Waals surface area contributed by atoms with Crippen molar-refractivity contribution in [1.29, 1.82) is 0 Å². The molecule has 0 unspecified atom stereocenters. The second kappa shape index (κ2) is 5.10. The number of anilines is 1. The molecular formula is C14H13N5O. The van der Waals surface area contributed by atoms with Gasteiger partial charge in [0.05, 0.1) is 18.4 Å². The predicted octanol–water partition coefficient (Wildman–Crippen LogP) is 1.13. The molecule has 100 valence electrons. The second-order valence-electron chi connectivity index (χ2n) is 4.38. The molecule has 2 heterocycles. The van der Waals surface area contributed by atoms with E-state index in [4.69, 9.17) is 5.84 Å². The van der Waals surface area contributed by atoms with E-state index in [2.05, 4.69) is 15.4 Å². The Morgan fingerprint density at radius 3 is 2.90 bits per heavy atom. The van der Waals surface area contributed by atoms with Crippen LogP contribution in [0.4, 0.5) is 5.82 Å². The molecule has 0 bridgehead atoms. The molecule has 20 heavy (non-hydrogen) atoms. The zero-order valence-electron chi connectivity index (χ0n) is 10.7. The Morgan fingerprint density at radius 2 is 2.10 bits per heavy atom. The number of benzene rings is 1. The van der Waals surface area contributed by atoms with Gasteiger partial charge in [-0.05, 0) is 12.1 Å². The van der Waals surface area contributed by atoms with Crippen molar-refractivity contribution in [3.63, 3.8) is 0 Å². The summed E-state index contributed by atoms with van der Waals surface area (Å²) in [6.07, 6.45) is 2.97. The lowest BCUT2D eigenvalue weighted by molar-refractivity contribution is 0.735. The number of hydrogen-bond donors (Lipinski definition) is 2. The van der Waals surface area contributed by atoms with Gasteiger partial charge in [0.25, 0.3) is 5.56 Å². The first-order chi connectivity index (χ1) is 9.78. The topological polar surface area (TPSA) is 85.8 Å². The molecule has 0 aliphatic heterocycles. The number of nitrogen functional groups attached to an aromatic ring is 1. The highest BCUT2D eigenvalue weighted by atomic mass is 16.1. The quantitative estimate of drug-likeness (QED) is 0.548. The molecule has 0 aliphatic rings. The smallest absolute Gasteiger partial charge is 0.253 e. The van der Waals surface area contributed by atoms with Gasteiger partial charge >= 0.3 is 0 Å². The number of nitrogens with two attached hydrogens (primary N) is 1. The monoisotopic (exact) mass is 267 g/mol. The van der Waals surface area contributed by atoms with Gasteiger partial charge in [0.2, 0.25) is 0 Å². The standard InChI is InChI=1S/C14H13N5O/c15-18-14-11(8-19-9-16-6-5-13(19)20)7-10-3-1-2-4-12(10)17-14/h1-7,9H,8,15H2,(H,17,18). The van der Waals surface area contributed by atoms with Gasteiger partial charge < -0.3 is 5.43 Å². The minimum atomic E-state index is -0.115. The molecule has 2 aromatic heterocycles. The molecule has 3 aromatic rings. The summed E-state index contributed by atoms with van der Waals surface area (Å²) in [5.74, 6) is 6.07. The first kappa shape index (κ1) is 12.3. The number of fused-ring (bicyclic) bond motifs is 1. The molecule has 0 fully saturated rings. The van der Waals surface area contributed by atoms with Crippen LogP contribution in [0.5, 0.6) is 0 Å². The van der Waals surface area contributed by atoms with Gasteiger partial charge in [0, 0.05) is 23.2 Å². The van der Waals surface area contributed by atoms with E-state index in [0.717, 1.165) is 16.5 Å². The molecule has 6 nitrogen and oxygen atoms in total.